The summed E-state index contributed by atoms with van der Waals surface area (Å²) in [6.07, 6.45) is 4.66. The van der Waals surface area contributed by atoms with E-state index < -0.39 is 12.5 Å². The molecule has 1 aliphatic heterocycles. The Morgan fingerprint density at radius 2 is 1.93 bits per heavy atom. The summed E-state index contributed by atoms with van der Waals surface area (Å²) in [6.45, 7) is -0.110. The van der Waals surface area contributed by atoms with E-state index in [2.05, 4.69) is 25.0 Å². The normalized spacial score (nSPS) is 12.9. The Morgan fingerprint density at radius 1 is 1.07 bits per heavy atom. The van der Waals surface area contributed by atoms with Gasteiger partial charge in [-0.05, 0) is 30.3 Å². The van der Waals surface area contributed by atoms with Crippen molar-refractivity contribution in [3.8, 4) is 22.8 Å². The maximum Gasteiger partial charge on any atom is 0.312 e. The third-order valence-electron chi connectivity index (χ3n) is 4.36. The molecule has 6 nitrogen and oxygen atoms in total. The molecule has 0 atom stereocenters. The summed E-state index contributed by atoms with van der Waals surface area (Å²) in [5, 5.41) is 3.32. The van der Waals surface area contributed by atoms with Gasteiger partial charge in [-0.25, -0.2) is 4.98 Å². The molecule has 4 rings (SSSR count). The second-order valence-corrected chi connectivity index (χ2v) is 6.37. The number of ether oxygens (including phenoxy) is 2. The summed E-state index contributed by atoms with van der Waals surface area (Å²) in [5.41, 5.74) is 2.98. The van der Waals surface area contributed by atoms with Crippen molar-refractivity contribution < 1.29 is 18.3 Å². The Labute approximate surface area is 166 Å². The number of hydrogen-bond acceptors (Lipinski definition) is 6. The minimum absolute atomic E-state index is 0.303. The van der Waals surface area contributed by atoms with Crippen molar-refractivity contribution in [2.24, 2.45) is 4.99 Å². The summed E-state index contributed by atoms with van der Waals surface area (Å²) in [6, 6.07) is 12.1. The van der Waals surface area contributed by atoms with Crippen LogP contribution in [0.25, 0.3) is 11.1 Å². The summed E-state index contributed by atoms with van der Waals surface area (Å²) < 4.78 is 38.2. The molecule has 0 spiro atoms. The van der Waals surface area contributed by atoms with E-state index in [1.165, 1.54) is 25.4 Å². The topological polar surface area (TPSA) is 68.6 Å². The summed E-state index contributed by atoms with van der Waals surface area (Å²) in [7, 11) is 1.22. The molecule has 148 valence electrons. The van der Waals surface area contributed by atoms with E-state index in [-0.39, 0.29) is 5.69 Å². The summed E-state index contributed by atoms with van der Waals surface area (Å²) in [4.78, 5) is 12.5. The molecule has 1 N–H and O–H groups in total. The van der Waals surface area contributed by atoms with Crippen LogP contribution in [0.2, 0.25) is 0 Å². The molecule has 29 heavy (non-hydrogen) atoms. The fraction of sp³-hybridized carbons (Fsp3) is 0.190. The molecule has 1 aromatic carbocycles. The first-order valence-corrected chi connectivity index (χ1v) is 8.94. The van der Waals surface area contributed by atoms with E-state index in [0.717, 1.165) is 22.5 Å². The molecule has 0 saturated carbocycles. The molecular weight excluding hydrogens is 378 g/mol. The second kappa shape index (κ2) is 7.92. The SMILES string of the molecule is COCC(F)(F)c1ccc(Oc2ncccc2-c2cccc3c2NCC=N3)cn1. The van der Waals surface area contributed by atoms with Crippen LogP contribution in [0.1, 0.15) is 5.69 Å². The molecule has 0 radical (unpaired) electrons. The largest absolute Gasteiger partial charge is 0.437 e. The van der Waals surface area contributed by atoms with Gasteiger partial charge in [-0.1, -0.05) is 12.1 Å². The zero-order chi connectivity index (χ0) is 20.3. The van der Waals surface area contributed by atoms with Gasteiger partial charge in [0, 0.05) is 30.6 Å². The van der Waals surface area contributed by atoms with Crippen LogP contribution >= 0.6 is 0 Å². The quantitative estimate of drug-likeness (QED) is 0.648. The number of alkyl halides is 2. The number of fused-ring (bicyclic) bond motifs is 1. The number of nitrogens with zero attached hydrogens (tertiary/aromatic N) is 3. The van der Waals surface area contributed by atoms with Crippen LogP contribution in [0.5, 0.6) is 11.6 Å². The van der Waals surface area contributed by atoms with Crippen LogP contribution in [-0.4, -0.2) is 36.4 Å². The maximum absolute atomic E-state index is 13.9. The number of benzene rings is 1. The van der Waals surface area contributed by atoms with Crippen LogP contribution in [0.15, 0.2) is 59.9 Å². The number of anilines is 1. The lowest BCUT2D eigenvalue weighted by molar-refractivity contribution is -0.0731. The van der Waals surface area contributed by atoms with Crippen molar-refractivity contribution in [1.29, 1.82) is 0 Å². The molecule has 0 saturated heterocycles. The highest BCUT2D eigenvalue weighted by atomic mass is 19.3. The van der Waals surface area contributed by atoms with Crippen molar-refractivity contribution in [3.05, 3.63) is 60.6 Å². The molecule has 2 aromatic heterocycles. The zero-order valence-corrected chi connectivity index (χ0v) is 15.6. The average Bonchev–Trinajstić information content (AvgIpc) is 2.74. The van der Waals surface area contributed by atoms with E-state index in [4.69, 9.17) is 4.74 Å². The second-order valence-electron chi connectivity index (χ2n) is 6.37. The zero-order valence-electron chi connectivity index (χ0n) is 15.6. The van der Waals surface area contributed by atoms with Gasteiger partial charge in [0.25, 0.3) is 0 Å². The fourth-order valence-electron chi connectivity index (χ4n) is 3.05. The summed E-state index contributed by atoms with van der Waals surface area (Å²) >= 11 is 0. The number of rotatable bonds is 6. The number of nitrogens with one attached hydrogen (secondary N) is 1. The Balaban J connectivity index is 1.65. The van der Waals surface area contributed by atoms with E-state index in [9.17, 15) is 8.78 Å². The van der Waals surface area contributed by atoms with Crippen molar-refractivity contribution in [2.75, 3.05) is 25.6 Å². The first-order chi connectivity index (χ1) is 14.1. The van der Waals surface area contributed by atoms with Crippen LogP contribution in [0, 0.1) is 0 Å². The van der Waals surface area contributed by atoms with Gasteiger partial charge >= 0.3 is 5.92 Å². The van der Waals surface area contributed by atoms with Crippen molar-refractivity contribution in [3.63, 3.8) is 0 Å². The highest BCUT2D eigenvalue weighted by molar-refractivity contribution is 5.92. The van der Waals surface area contributed by atoms with Gasteiger partial charge in [0.1, 0.15) is 18.1 Å². The van der Waals surface area contributed by atoms with Crippen molar-refractivity contribution in [1.82, 2.24) is 9.97 Å². The standard InChI is InChI=1S/C21H18F2N4O2/c1-28-13-21(22,23)18-8-7-14(12-27-18)29-20-16(5-3-9-26-20)15-4-2-6-17-19(15)25-11-10-24-17/h2-10,12,25H,11,13H2,1H3. The number of halogens is 2. The number of methoxy groups -OCH3 is 1. The van der Waals surface area contributed by atoms with Gasteiger partial charge in [-0.3, -0.25) is 9.98 Å². The Bertz CT molecular complexity index is 1040. The van der Waals surface area contributed by atoms with Crippen LogP contribution < -0.4 is 10.1 Å². The first-order valence-electron chi connectivity index (χ1n) is 8.94. The Kier molecular flexibility index (Phi) is 5.18. The van der Waals surface area contributed by atoms with Crippen molar-refractivity contribution in [2.45, 2.75) is 5.92 Å². The van der Waals surface area contributed by atoms with Crippen LogP contribution in [-0.2, 0) is 10.7 Å². The van der Waals surface area contributed by atoms with Crippen LogP contribution in [0.4, 0.5) is 20.2 Å². The molecular formula is C21H18F2N4O2. The monoisotopic (exact) mass is 396 g/mol. The predicted octanol–water partition coefficient (Wildman–Crippen LogP) is 4.80. The van der Waals surface area contributed by atoms with Crippen LogP contribution in [0.3, 0.4) is 0 Å². The molecule has 0 amide bonds. The minimum atomic E-state index is -3.17. The minimum Gasteiger partial charge on any atom is -0.437 e. The van der Waals surface area contributed by atoms with Gasteiger partial charge in [0.05, 0.1) is 24.1 Å². The lowest BCUT2D eigenvalue weighted by Gasteiger charge is -2.18. The molecule has 1 aliphatic rings. The smallest absolute Gasteiger partial charge is 0.312 e. The molecule has 0 aliphatic carbocycles. The van der Waals surface area contributed by atoms with Gasteiger partial charge in [0.15, 0.2) is 0 Å². The number of para-hydroxylation sites is 1. The lowest BCUT2D eigenvalue weighted by atomic mass is 10.0. The number of aliphatic imine (C=N–C) groups is 1. The van der Waals surface area contributed by atoms with E-state index in [1.807, 2.05) is 24.3 Å². The molecule has 0 bridgehead atoms. The molecule has 3 aromatic rings. The van der Waals surface area contributed by atoms with E-state index in [0.29, 0.717) is 18.2 Å². The number of hydrogen-bond donors (Lipinski definition) is 1. The number of aromatic nitrogens is 2. The maximum atomic E-state index is 13.9. The fourth-order valence-corrected chi connectivity index (χ4v) is 3.05. The van der Waals surface area contributed by atoms with Gasteiger partial charge in [-0.2, -0.15) is 8.78 Å². The number of pyridine rings is 2. The molecule has 8 heteroatoms. The van der Waals surface area contributed by atoms with Gasteiger partial charge < -0.3 is 14.8 Å². The van der Waals surface area contributed by atoms with Gasteiger partial charge in [0.2, 0.25) is 5.88 Å². The third kappa shape index (κ3) is 3.93. The summed E-state index contributed by atoms with van der Waals surface area (Å²) in [5.74, 6) is -2.52. The predicted molar refractivity (Wildman–Crippen MR) is 106 cm³/mol. The Hall–Kier alpha value is -3.39. The highest BCUT2D eigenvalue weighted by Gasteiger charge is 2.33. The van der Waals surface area contributed by atoms with Gasteiger partial charge in [-0.15, -0.1) is 0 Å². The highest BCUT2D eigenvalue weighted by Crippen LogP contribution is 2.41. The molecule has 0 fully saturated rings. The first kappa shape index (κ1) is 18.9. The van der Waals surface area contributed by atoms with E-state index >= 15 is 0 Å². The van der Waals surface area contributed by atoms with Crippen molar-refractivity contribution >= 4 is 17.6 Å². The Morgan fingerprint density at radius 3 is 2.72 bits per heavy atom. The molecule has 3 heterocycles. The lowest BCUT2D eigenvalue weighted by Crippen LogP contribution is -2.21. The average molecular weight is 396 g/mol. The molecule has 0 unspecified atom stereocenters. The third-order valence-corrected chi connectivity index (χ3v) is 4.36. The van der Waals surface area contributed by atoms with E-state index in [1.54, 1.807) is 18.5 Å².